The van der Waals surface area contributed by atoms with Crippen molar-refractivity contribution in [2.75, 3.05) is 35.8 Å². The van der Waals surface area contributed by atoms with Crippen molar-refractivity contribution >= 4 is 51.9 Å². The number of nitrogens with one attached hydrogen (secondary N) is 1. The van der Waals surface area contributed by atoms with Crippen molar-refractivity contribution in [2.45, 2.75) is 37.9 Å². The van der Waals surface area contributed by atoms with Gasteiger partial charge in [0.25, 0.3) is 0 Å². The predicted molar refractivity (Wildman–Crippen MR) is 140 cm³/mol. The lowest BCUT2D eigenvalue weighted by molar-refractivity contribution is -0.136. The number of carboxylic acid groups (broad SMARTS) is 1. The van der Waals surface area contributed by atoms with Crippen molar-refractivity contribution in [3.8, 4) is 0 Å². The Morgan fingerprint density at radius 2 is 1.70 bits per heavy atom. The van der Waals surface area contributed by atoms with Crippen LogP contribution in [0.4, 0.5) is 11.4 Å². The monoisotopic (exact) mass is 488 g/mol. The summed E-state index contributed by atoms with van der Waals surface area (Å²) >= 11 is 2.87. The number of benzene rings is 2. The smallest absolute Gasteiger partial charge is 0.304 e. The second-order valence-corrected chi connectivity index (χ2v) is 9.97. The van der Waals surface area contributed by atoms with Crippen molar-refractivity contribution in [3.63, 3.8) is 0 Å². The first kappa shape index (κ1) is 26.8. The topological polar surface area (TPSA) is 86.7 Å². The highest BCUT2D eigenvalue weighted by Crippen LogP contribution is 2.27. The number of nitrogens with zero attached hydrogens (tertiary/aromatic N) is 1. The third-order valence-electron chi connectivity index (χ3n) is 4.89. The Morgan fingerprint density at radius 3 is 2.39 bits per heavy atom. The Kier molecular flexibility index (Phi) is 11.9. The zero-order chi connectivity index (χ0) is 24.1. The third-order valence-corrected chi connectivity index (χ3v) is 6.89. The molecule has 0 heterocycles. The minimum atomic E-state index is -0.804. The van der Waals surface area contributed by atoms with Crippen LogP contribution < -0.4 is 10.2 Å². The number of thioether (sulfide) groups is 2. The second kappa shape index (κ2) is 14.6. The van der Waals surface area contributed by atoms with Crippen LogP contribution >= 0.6 is 23.5 Å². The Bertz CT molecular complexity index is 920. The number of aliphatic carboxylic acids is 1. The fourth-order valence-corrected chi connectivity index (χ4v) is 4.80. The highest BCUT2D eigenvalue weighted by Gasteiger charge is 2.10. The van der Waals surface area contributed by atoms with Crippen LogP contribution in [0, 0.1) is 0 Å². The maximum atomic E-state index is 12.5. The average molecular weight is 489 g/mol. The number of hydrogen-bond acceptors (Lipinski definition) is 6. The van der Waals surface area contributed by atoms with E-state index in [1.165, 1.54) is 11.8 Å². The molecule has 8 heteroatoms. The van der Waals surface area contributed by atoms with Gasteiger partial charge < -0.3 is 15.3 Å². The van der Waals surface area contributed by atoms with Gasteiger partial charge in [0.15, 0.2) is 0 Å². The fourth-order valence-electron chi connectivity index (χ4n) is 3.03. The van der Waals surface area contributed by atoms with Crippen LogP contribution in [0.1, 0.15) is 48.0 Å². The summed E-state index contributed by atoms with van der Waals surface area (Å²) in [6.07, 6.45) is 3.09. The number of anilines is 2. The Hall–Kier alpha value is -2.45. The van der Waals surface area contributed by atoms with Crippen molar-refractivity contribution in [1.29, 1.82) is 0 Å². The standard InChI is InChI=1S/C25H32N2O4S2/c1-27(2)21-13-12-20(18-32-16-14-24(29)30)22(17-21)26-23(28)11-7-4-8-15-33-25(31)19-9-5-3-6-10-19/h3,5-6,9-10,12-13,17H,4,7-8,11,14-16,18H2,1-2H3,(H,26,28)(H,29,30). The van der Waals surface area contributed by atoms with E-state index in [4.69, 9.17) is 5.11 Å². The van der Waals surface area contributed by atoms with E-state index in [0.717, 1.165) is 47.5 Å². The van der Waals surface area contributed by atoms with Crippen LogP contribution in [0.3, 0.4) is 0 Å². The largest absolute Gasteiger partial charge is 0.481 e. The van der Waals surface area contributed by atoms with Crippen LogP contribution in [0.2, 0.25) is 0 Å². The molecule has 2 aromatic carbocycles. The zero-order valence-corrected chi connectivity index (χ0v) is 20.8. The molecule has 0 fully saturated rings. The molecule has 0 atom stereocenters. The van der Waals surface area contributed by atoms with E-state index in [1.54, 1.807) is 11.8 Å². The molecule has 33 heavy (non-hydrogen) atoms. The van der Waals surface area contributed by atoms with E-state index < -0.39 is 5.97 Å². The van der Waals surface area contributed by atoms with E-state index in [0.29, 0.717) is 17.9 Å². The van der Waals surface area contributed by atoms with Crippen LogP contribution in [0.15, 0.2) is 48.5 Å². The number of unbranched alkanes of at least 4 members (excludes halogenated alkanes) is 2. The minimum Gasteiger partial charge on any atom is -0.481 e. The maximum Gasteiger partial charge on any atom is 0.304 e. The molecule has 0 unspecified atom stereocenters. The summed E-state index contributed by atoms with van der Waals surface area (Å²) in [5.74, 6) is 1.09. The number of carboxylic acids is 1. The van der Waals surface area contributed by atoms with Gasteiger partial charge in [-0.15, -0.1) is 0 Å². The van der Waals surface area contributed by atoms with E-state index in [-0.39, 0.29) is 17.4 Å². The number of carbonyl (C=O) groups excluding carboxylic acids is 2. The molecular weight excluding hydrogens is 456 g/mol. The molecule has 0 aliphatic heterocycles. The number of carbonyl (C=O) groups is 3. The SMILES string of the molecule is CN(C)c1ccc(CSCCC(=O)O)c(NC(=O)CCCCCSC(=O)c2ccccc2)c1. The first-order chi connectivity index (χ1) is 15.9. The van der Waals surface area contributed by atoms with Gasteiger partial charge in [-0.05, 0) is 30.5 Å². The molecule has 0 aliphatic rings. The highest BCUT2D eigenvalue weighted by molar-refractivity contribution is 8.14. The van der Waals surface area contributed by atoms with Crippen molar-refractivity contribution < 1.29 is 19.5 Å². The third kappa shape index (κ3) is 10.4. The first-order valence-corrected chi connectivity index (χ1v) is 13.1. The van der Waals surface area contributed by atoms with Crippen LogP contribution in [-0.4, -0.2) is 47.7 Å². The molecule has 0 saturated carbocycles. The Labute approximate surface area is 204 Å². The van der Waals surface area contributed by atoms with Crippen molar-refractivity contribution in [2.24, 2.45) is 0 Å². The summed E-state index contributed by atoms with van der Waals surface area (Å²) in [5, 5.41) is 11.9. The van der Waals surface area contributed by atoms with Gasteiger partial charge in [0.05, 0.1) is 6.42 Å². The number of rotatable bonds is 14. The van der Waals surface area contributed by atoms with Gasteiger partial charge >= 0.3 is 5.97 Å². The maximum absolute atomic E-state index is 12.5. The molecular formula is C25H32N2O4S2. The minimum absolute atomic E-state index is 0.0318. The zero-order valence-electron chi connectivity index (χ0n) is 19.2. The molecule has 2 rings (SSSR count). The summed E-state index contributed by atoms with van der Waals surface area (Å²) in [5.41, 5.74) is 3.47. The summed E-state index contributed by atoms with van der Waals surface area (Å²) in [4.78, 5) is 37.3. The van der Waals surface area contributed by atoms with Crippen LogP contribution in [0.5, 0.6) is 0 Å². The van der Waals surface area contributed by atoms with Gasteiger partial charge in [-0.3, -0.25) is 14.4 Å². The lowest BCUT2D eigenvalue weighted by Gasteiger charge is -2.17. The lowest BCUT2D eigenvalue weighted by atomic mass is 10.1. The van der Waals surface area contributed by atoms with Crippen molar-refractivity contribution in [1.82, 2.24) is 0 Å². The molecule has 178 valence electrons. The van der Waals surface area contributed by atoms with E-state index in [1.807, 2.05) is 67.5 Å². The van der Waals surface area contributed by atoms with E-state index in [2.05, 4.69) is 5.32 Å². The van der Waals surface area contributed by atoms with Gasteiger partial charge in [0, 0.05) is 54.7 Å². The number of amides is 1. The van der Waals surface area contributed by atoms with Crippen LogP contribution in [-0.2, 0) is 15.3 Å². The van der Waals surface area contributed by atoms with Crippen LogP contribution in [0.25, 0.3) is 0 Å². The van der Waals surface area contributed by atoms with Gasteiger partial charge in [0.1, 0.15) is 0 Å². The molecule has 6 nitrogen and oxygen atoms in total. The molecule has 2 N–H and O–H groups in total. The molecule has 0 bridgehead atoms. The van der Waals surface area contributed by atoms with Crippen molar-refractivity contribution in [3.05, 3.63) is 59.7 Å². The normalized spacial score (nSPS) is 10.6. The summed E-state index contributed by atoms with van der Waals surface area (Å²) < 4.78 is 0. The highest BCUT2D eigenvalue weighted by atomic mass is 32.2. The number of hydrogen-bond donors (Lipinski definition) is 2. The predicted octanol–water partition coefficient (Wildman–Crippen LogP) is 5.53. The van der Waals surface area contributed by atoms with Gasteiger partial charge in [-0.2, -0.15) is 11.8 Å². The second-order valence-electron chi connectivity index (χ2n) is 7.79. The molecule has 0 radical (unpaired) electrons. The molecule has 0 saturated heterocycles. The lowest BCUT2D eigenvalue weighted by Crippen LogP contribution is -2.14. The Morgan fingerprint density at radius 1 is 0.939 bits per heavy atom. The summed E-state index contributed by atoms with van der Waals surface area (Å²) in [6.45, 7) is 0. The van der Waals surface area contributed by atoms with Gasteiger partial charge in [-0.1, -0.05) is 54.6 Å². The summed E-state index contributed by atoms with van der Waals surface area (Å²) in [7, 11) is 3.89. The van der Waals surface area contributed by atoms with Gasteiger partial charge in [0.2, 0.25) is 11.0 Å². The van der Waals surface area contributed by atoms with E-state index >= 15 is 0 Å². The first-order valence-electron chi connectivity index (χ1n) is 11.0. The molecule has 1 amide bonds. The molecule has 2 aromatic rings. The fraction of sp³-hybridized carbons (Fsp3) is 0.400. The Balaban J connectivity index is 1.76. The molecule has 0 spiro atoms. The molecule has 0 aliphatic carbocycles. The van der Waals surface area contributed by atoms with E-state index in [9.17, 15) is 14.4 Å². The quantitative estimate of drug-likeness (QED) is 0.338. The summed E-state index contributed by atoms with van der Waals surface area (Å²) in [6, 6.07) is 15.2. The molecule has 0 aromatic heterocycles. The van der Waals surface area contributed by atoms with Gasteiger partial charge in [-0.25, -0.2) is 0 Å². The average Bonchev–Trinajstić information content (AvgIpc) is 2.79.